The summed E-state index contributed by atoms with van der Waals surface area (Å²) in [4.78, 5) is 15.0. The van der Waals surface area contributed by atoms with E-state index in [4.69, 9.17) is 0 Å². The normalized spacial score (nSPS) is 9.87. The van der Waals surface area contributed by atoms with E-state index in [2.05, 4.69) is 0 Å². The van der Waals surface area contributed by atoms with Crippen molar-refractivity contribution in [3.05, 3.63) is 23.8 Å². The van der Waals surface area contributed by atoms with E-state index in [0.29, 0.717) is 5.56 Å². The van der Waals surface area contributed by atoms with E-state index in [0.717, 1.165) is 5.69 Å². The largest absolute Gasteiger partial charge is 0.508 e. The Hall–Kier alpha value is -1.71. The van der Waals surface area contributed by atoms with Gasteiger partial charge in [0.15, 0.2) is 0 Å². The molecule has 1 aromatic rings. The molecule has 0 atom stereocenters. The van der Waals surface area contributed by atoms with Crippen LogP contribution in [-0.2, 0) is 0 Å². The first-order valence-corrected chi connectivity index (χ1v) is 4.65. The standard InChI is InChI=1S/C11H16N2O2/c1-12(2)9-5-8(6-10(14)7-9)11(15)13(3)4/h5-7,14H,1-4H3. The lowest BCUT2D eigenvalue weighted by Crippen LogP contribution is -2.22. The number of carbonyl (C=O) groups is 1. The molecule has 0 aliphatic carbocycles. The van der Waals surface area contributed by atoms with Crippen molar-refractivity contribution in [3.8, 4) is 5.75 Å². The number of nitrogens with zero attached hydrogens (tertiary/aromatic N) is 2. The lowest BCUT2D eigenvalue weighted by molar-refractivity contribution is 0.0827. The zero-order valence-electron chi connectivity index (χ0n) is 9.48. The summed E-state index contributed by atoms with van der Waals surface area (Å²) in [6, 6.07) is 4.84. The van der Waals surface area contributed by atoms with Gasteiger partial charge in [-0.2, -0.15) is 0 Å². The Kier molecular flexibility index (Phi) is 3.19. The topological polar surface area (TPSA) is 43.8 Å². The predicted molar refractivity (Wildman–Crippen MR) is 60.5 cm³/mol. The van der Waals surface area contributed by atoms with Crippen molar-refractivity contribution in [1.82, 2.24) is 4.90 Å². The van der Waals surface area contributed by atoms with E-state index in [-0.39, 0.29) is 11.7 Å². The van der Waals surface area contributed by atoms with Gasteiger partial charge in [0.25, 0.3) is 5.91 Å². The summed E-state index contributed by atoms with van der Waals surface area (Å²) in [7, 11) is 7.08. The van der Waals surface area contributed by atoms with Crippen LogP contribution in [0.4, 0.5) is 5.69 Å². The molecule has 1 aromatic carbocycles. The molecule has 0 heterocycles. The van der Waals surface area contributed by atoms with Crippen LogP contribution in [0.1, 0.15) is 10.4 Å². The maximum atomic E-state index is 11.7. The average molecular weight is 208 g/mol. The fraction of sp³-hybridized carbons (Fsp3) is 0.364. The van der Waals surface area contributed by atoms with Crippen molar-refractivity contribution in [3.63, 3.8) is 0 Å². The molecule has 0 unspecified atom stereocenters. The van der Waals surface area contributed by atoms with Gasteiger partial charge >= 0.3 is 0 Å². The average Bonchev–Trinajstić information content (AvgIpc) is 2.15. The third-order valence-corrected chi connectivity index (χ3v) is 2.07. The SMILES string of the molecule is CN(C)C(=O)c1cc(O)cc(N(C)C)c1. The summed E-state index contributed by atoms with van der Waals surface area (Å²) < 4.78 is 0. The Labute approximate surface area is 89.7 Å². The monoisotopic (exact) mass is 208 g/mol. The third-order valence-electron chi connectivity index (χ3n) is 2.07. The van der Waals surface area contributed by atoms with Gasteiger partial charge in [-0.1, -0.05) is 0 Å². The molecular formula is C11H16N2O2. The summed E-state index contributed by atoms with van der Waals surface area (Å²) in [6.07, 6.45) is 0. The van der Waals surface area contributed by atoms with E-state index in [1.807, 2.05) is 19.0 Å². The van der Waals surface area contributed by atoms with Crippen molar-refractivity contribution >= 4 is 11.6 Å². The first-order valence-electron chi connectivity index (χ1n) is 4.65. The zero-order chi connectivity index (χ0) is 11.6. The highest BCUT2D eigenvalue weighted by molar-refractivity contribution is 5.95. The first kappa shape index (κ1) is 11.4. The molecule has 1 amide bonds. The molecule has 0 aliphatic heterocycles. The van der Waals surface area contributed by atoms with Gasteiger partial charge in [-0.05, 0) is 12.1 Å². The quantitative estimate of drug-likeness (QED) is 0.793. The molecule has 0 saturated carbocycles. The summed E-state index contributed by atoms with van der Waals surface area (Å²) in [6.45, 7) is 0. The first-order chi connectivity index (χ1) is 6.91. The van der Waals surface area contributed by atoms with Gasteiger partial charge in [-0.15, -0.1) is 0 Å². The third kappa shape index (κ3) is 2.62. The van der Waals surface area contributed by atoms with Crippen molar-refractivity contribution < 1.29 is 9.90 Å². The van der Waals surface area contributed by atoms with E-state index < -0.39 is 0 Å². The number of aromatic hydroxyl groups is 1. The van der Waals surface area contributed by atoms with Crippen LogP contribution in [0, 0.1) is 0 Å². The van der Waals surface area contributed by atoms with Crippen LogP contribution >= 0.6 is 0 Å². The number of anilines is 1. The maximum absolute atomic E-state index is 11.7. The number of hydrogen-bond donors (Lipinski definition) is 1. The number of benzene rings is 1. The number of phenolic OH excluding ortho intramolecular Hbond substituents is 1. The van der Waals surface area contributed by atoms with Crippen molar-refractivity contribution in [2.45, 2.75) is 0 Å². The van der Waals surface area contributed by atoms with E-state index in [9.17, 15) is 9.90 Å². The Morgan fingerprint density at radius 1 is 1.13 bits per heavy atom. The number of hydrogen-bond acceptors (Lipinski definition) is 3. The van der Waals surface area contributed by atoms with Gasteiger partial charge in [0.1, 0.15) is 5.75 Å². The van der Waals surface area contributed by atoms with Crippen LogP contribution < -0.4 is 4.90 Å². The predicted octanol–water partition coefficient (Wildman–Crippen LogP) is 1.16. The minimum absolute atomic E-state index is 0.103. The minimum atomic E-state index is -0.117. The molecule has 0 saturated heterocycles. The Morgan fingerprint density at radius 2 is 1.73 bits per heavy atom. The number of carbonyl (C=O) groups excluding carboxylic acids is 1. The zero-order valence-corrected chi connectivity index (χ0v) is 9.48. The van der Waals surface area contributed by atoms with Crippen LogP contribution in [0.3, 0.4) is 0 Å². The molecule has 15 heavy (non-hydrogen) atoms. The molecule has 0 radical (unpaired) electrons. The van der Waals surface area contributed by atoms with Gasteiger partial charge < -0.3 is 14.9 Å². The van der Waals surface area contributed by atoms with E-state index in [1.54, 1.807) is 26.2 Å². The van der Waals surface area contributed by atoms with Crippen LogP contribution in [0.15, 0.2) is 18.2 Å². The maximum Gasteiger partial charge on any atom is 0.253 e. The Bertz CT molecular complexity index is 373. The summed E-state index contributed by atoms with van der Waals surface area (Å²) in [5, 5.41) is 9.48. The number of phenols is 1. The van der Waals surface area contributed by atoms with Gasteiger partial charge in [0, 0.05) is 45.5 Å². The molecule has 0 spiro atoms. The van der Waals surface area contributed by atoms with Gasteiger partial charge in [-0.25, -0.2) is 0 Å². The van der Waals surface area contributed by atoms with Crippen LogP contribution in [0.25, 0.3) is 0 Å². The number of amides is 1. The Balaban J connectivity index is 3.14. The molecule has 1 N–H and O–H groups in total. The van der Waals surface area contributed by atoms with Gasteiger partial charge in [-0.3, -0.25) is 4.79 Å². The molecule has 82 valence electrons. The molecule has 0 bridgehead atoms. The molecule has 0 aromatic heterocycles. The summed E-state index contributed by atoms with van der Waals surface area (Å²) in [5.74, 6) is -0.0135. The molecular weight excluding hydrogens is 192 g/mol. The van der Waals surface area contributed by atoms with Gasteiger partial charge in [0.05, 0.1) is 0 Å². The summed E-state index contributed by atoms with van der Waals surface area (Å²) in [5.41, 5.74) is 1.30. The second-order valence-electron chi connectivity index (χ2n) is 3.83. The van der Waals surface area contributed by atoms with Crippen molar-refractivity contribution in [2.24, 2.45) is 0 Å². The second-order valence-corrected chi connectivity index (χ2v) is 3.83. The molecule has 0 fully saturated rings. The summed E-state index contributed by atoms with van der Waals surface area (Å²) >= 11 is 0. The second kappa shape index (κ2) is 4.21. The van der Waals surface area contributed by atoms with E-state index >= 15 is 0 Å². The fourth-order valence-corrected chi connectivity index (χ4v) is 1.24. The van der Waals surface area contributed by atoms with Gasteiger partial charge in [0.2, 0.25) is 0 Å². The highest BCUT2D eigenvalue weighted by Crippen LogP contribution is 2.22. The molecule has 1 rings (SSSR count). The lowest BCUT2D eigenvalue weighted by atomic mass is 10.1. The van der Waals surface area contributed by atoms with Crippen LogP contribution in [0.5, 0.6) is 5.75 Å². The van der Waals surface area contributed by atoms with Crippen LogP contribution in [-0.4, -0.2) is 44.1 Å². The lowest BCUT2D eigenvalue weighted by Gasteiger charge is -2.16. The van der Waals surface area contributed by atoms with Crippen molar-refractivity contribution in [2.75, 3.05) is 33.1 Å². The molecule has 4 heteroatoms. The highest BCUT2D eigenvalue weighted by atomic mass is 16.3. The van der Waals surface area contributed by atoms with Crippen LogP contribution in [0.2, 0.25) is 0 Å². The Morgan fingerprint density at radius 3 is 2.20 bits per heavy atom. The van der Waals surface area contributed by atoms with E-state index in [1.165, 1.54) is 11.0 Å². The molecule has 0 aliphatic rings. The number of rotatable bonds is 2. The smallest absolute Gasteiger partial charge is 0.253 e. The highest BCUT2D eigenvalue weighted by Gasteiger charge is 2.10. The fourth-order valence-electron chi connectivity index (χ4n) is 1.24. The van der Waals surface area contributed by atoms with Crippen molar-refractivity contribution in [1.29, 1.82) is 0 Å². The minimum Gasteiger partial charge on any atom is -0.508 e. The molecule has 4 nitrogen and oxygen atoms in total.